The van der Waals surface area contributed by atoms with Gasteiger partial charge in [-0.15, -0.1) is 0 Å². The second-order valence-corrected chi connectivity index (χ2v) is 8.09. The molecule has 0 radical (unpaired) electrons. The van der Waals surface area contributed by atoms with Crippen LogP contribution in [0, 0.1) is 13.8 Å². The largest absolute Gasteiger partial charge is 0.496 e. The molecule has 0 amide bonds. The van der Waals surface area contributed by atoms with E-state index < -0.39 is 10.0 Å². The molecule has 3 rings (SSSR count). The van der Waals surface area contributed by atoms with Crippen molar-refractivity contribution in [3.8, 4) is 5.75 Å². The van der Waals surface area contributed by atoms with Gasteiger partial charge in [0.25, 0.3) is 0 Å². The van der Waals surface area contributed by atoms with Crippen molar-refractivity contribution in [2.45, 2.75) is 18.7 Å². The van der Waals surface area contributed by atoms with Crippen molar-refractivity contribution < 1.29 is 13.2 Å². The minimum absolute atomic E-state index is 0.364. The molecule has 1 aromatic carbocycles. The van der Waals surface area contributed by atoms with Crippen molar-refractivity contribution >= 4 is 15.7 Å². The first-order chi connectivity index (χ1) is 11.9. The Morgan fingerprint density at radius 3 is 2.24 bits per heavy atom. The summed E-state index contributed by atoms with van der Waals surface area (Å²) in [6.07, 6.45) is 3.50. The van der Waals surface area contributed by atoms with Gasteiger partial charge in [-0.25, -0.2) is 8.42 Å². The number of pyridine rings is 1. The molecule has 1 fully saturated rings. The van der Waals surface area contributed by atoms with Crippen LogP contribution in [-0.4, -0.2) is 51.0 Å². The SMILES string of the molecule is COc1cc(C)c(S(=O)(=O)N2CCN(c3ccncc3)CC2)cc1C. The van der Waals surface area contributed by atoms with Gasteiger partial charge in [0.1, 0.15) is 5.75 Å². The highest BCUT2D eigenvalue weighted by atomic mass is 32.2. The van der Waals surface area contributed by atoms with E-state index in [0.717, 1.165) is 11.3 Å². The first-order valence-corrected chi connectivity index (χ1v) is 9.68. The van der Waals surface area contributed by atoms with Gasteiger partial charge >= 0.3 is 0 Å². The number of anilines is 1. The maximum absolute atomic E-state index is 13.1. The monoisotopic (exact) mass is 361 g/mol. The molecule has 1 aliphatic rings. The number of hydrogen-bond acceptors (Lipinski definition) is 5. The quantitative estimate of drug-likeness (QED) is 0.836. The number of methoxy groups -OCH3 is 1. The van der Waals surface area contributed by atoms with Gasteiger partial charge in [0.15, 0.2) is 0 Å². The Balaban J connectivity index is 1.80. The Kier molecular flexibility index (Phi) is 4.96. The van der Waals surface area contributed by atoms with Gasteiger partial charge in [-0.05, 0) is 49.2 Å². The number of piperazine rings is 1. The fourth-order valence-electron chi connectivity index (χ4n) is 3.14. The summed E-state index contributed by atoms with van der Waals surface area (Å²) in [5.74, 6) is 0.707. The summed E-state index contributed by atoms with van der Waals surface area (Å²) in [5, 5.41) is 0. The molecule has 0 N–H and O–H groups in total. The minimum Gasteiger partial charge on any atom is -0.496 e. The average Bonchev–Trinajstić information content (AvgIpc) is 2.64. The number of hydrogen-bond donors (Lipinski definition) is 0. The average molecular weight is 361 g/mol. The second-order valence-electron chi connectivity index (χ2n) is 6.18. The summed E-state index contributed by atoms with van der Waals surface area (Å²) < 4.78 is 33.0. The van der Waals surface area contributed by atoms with Gasteiger partial charge in [0.05, 0.1) is 12.0 Å². The molecule has 2 aromatic rings. The van der Waals surface area contributed by atoms with Crippen molar-refractivity contribution in [3.63, 3.8) is 0 Å². The van der Waals surface area contributed by atoms with E-state index in [9.17, 15) is 8.42 Å². The molecule has 0 atom stereocenters. The maximum Gasteiger partial charge on any atom is 0.243 e. The molecule has 0 aliphatic carbocycles. The van der Waals surface area contributed by atoms with Crippen molar-refractivity contribution in [3.05, 3.63) is 47.8 Å². The van der Waals surface area contributed by atoms with Crippen molar-refractivity contribution in [1.82, 2.24) is 9.29 Å². The molecule has 7 heteroatoms. The van der Waals surface area contributed by atoms with Crippen LogP contribution in [0.1, 0.15) is 11.1 Å². The molecule has 25 heavy (non-hydrogen) atoms. The Morgan fingerprint density at radius 1 is 1.00 bits per heavy atom. The van der Waals surface area contributed by atoms with Gasteiger partial charge in [0, 0.05) is 44.3 Å². The van der Waals surface area contributed by atoms with Crippen molar-refractivity contribution in [2.24, 2.45) is 0 Å². The number of ether oxygens (including phenoxy) is 1. The lowest BCUT2D eigenvalue weighted by Gasteiger charge is -2.35. The Hall–Kier alpha value is -2.12. The molecule has 1 saturated heterocycles. The topological polar surface area (TPSA) is 62.7 Å². The molecule has 0 spiro atoms. The highest BCUT2D eigenvalue weighted by molar-refractivity contribution is 7.89. The number of aromatic nitrogens is 1. The van der Waals surface area contributed by atoms with E-state index in [1.165, 1.54) is 0 Å². The highest BCUT2D eigenvalue weighted by Crippen LogP contribution is 2.28. The van der Waals surface area contributed by atoms with Crippen LogP contribution in [0.25, 0.3) is 0 Å². The Bertz CT molecular complexity index is 845. The minimum atomic E-state index is -3.51. The third-order valence-corrected chi connectivity index (χ3v) is 6.62. The lowest BCUT2D eigenvalue weighted by Crippen LogP contribution is -2.48. The fourth-order valence-corrected chi connectivity index (χ4v) is 4.86. The molecular weight excluding hydrogens is 338 g/mol. The first-order valence-electron chi connectivity index (χ1n) is 8.24. The number of benzene rings is 1. The Morgan fingerprint density at radius 2 is 1.64 bits per heavy atom. The summed E-state index contributed by atoms with van der Waals surface area (Å²) >= 11 is 0. The van der Waals surface area contributed by atoms with Crippen LogP contribution in [0.2, 0.25) is 0 Å². The van der Waals surface area contributed by atoms with Gasteiger partial charge in [0.2, 0.25) is 10.0 Å². The summed E-state index contributed by atoms with van der Waals surface area (Å²) in [4.78, 5) is 6.57. The number of sulfonamides is 1. The fraction of sp³-hybridized carbons (Fsp3) is 0.389. The molecule has 0 saturated carbocycles. The molecule has 0 bridgehead atoms. The van der Waals surface area contributed by atoms with E-state index in [0.29, 0.717) is 42.4 Å². The smallest absolute Gasteiger partial charge is 0.243 e. The van der Waals surface area contributed by atoms with Gasteiger partial charge < -0.3 is 9.64 Å². The number of nitrogens with zero attached hydrogens (tertiary/aromatic N) is 3. The summed E-state index contributed by atoms with van der Waals surface area (Å²) in [7, 11) is -1.92. The van der Waals surface area contributed by atoms with Crippen LogP contribution in [0.3, 0.4) is 0 Å². The molecule has 6 nitrogen and oxygen atoms in total. The van der Waals surface area contributed by atoms with Crippen LogP contribution in [-0.2, 0) is 10.0 Å². The predicted octanol–water partition coefficient (Wildman–Crippen LogP) is 2.22. The van der Waals surface area contributed by atoms with Crippen LogP contribution < -0.4 is 9.64 Å². The van der Waals surface area contributed by atoms with E-state index in [2.05, 4.69) is 9.88 Å². The van der Waals surface area contributed by atoms with E-state index in [-0.39, 0.29) is 0 Å². The zero-order chi connectivity index (χ0) is 18.0. The zero-order valence-electron chi connectivity index (χ0n) is 14.8. The van der Waals surface area contributed by atoms with E-state index in [4.69, 9.17) is 4.74 Å². The Labute approximate surface area is 149 Å². The lowest BCUT2D eigenvalue weighted by atomic mass is 10.1. The first kappa shape index (κ1) is 17.7. The highest BCUT2D eigenvalue weighted by Gasteiger charge is 2.30. The molecule has 134 valence electrons. The van der Waals surface area contributed by atoms with Crippen molar-refractivity contribution in [1.29, 1.82) is 0 Å². The van der Waals surface area contributed by atoms with E-state index in [1.807, 2.05) is 26.0 Å². The van der Waals surface area contributed by atoms with Crippen molar-refractivity contribution in [2.75, 3.05) is 38.2 Å². The summed E-state index contributed by atoms with van der Waals surface area (Å²) in [6.45, 7) is 5.93. The standard InChI is InChI=1S/C18H23N3O3S/c1-14-13-18(15(2)12-17(14)24-3)25(22,23)21-10-8-20(9-11-21)16-4-6-19-7-5-16/h4-7,12-13H,8-11H2,1-3H3. The number of aryl methyl sites for hydroxylation is 2. The molecule has 0 unspecified atom stereocenters. The second kappa shape index (κ2) is 7.01. The van der Waals surface area contributed by atoms with Crippen LogP contribution in [0.15, 0.2) is 41.6 Å². The molecule has 1 aromatic heterocycles. The zero-order valence-corrected chi connectivity index (χ0v) is 15.6. The maximum atomic E-state index is 13.1. The van der Waals surface area contributed by atoms with Gasteiger partial charge in [-0.3, -0.25) is 4.98 Å². The summed E-state index contributed by atoms with van der Waals surface area (Å²) in [5.41, 5.74) is 2.60. The molecular formula is C18H23N3O3S. The lowest BCUT2D eigenvalue weighted by molar-refractivity contribution is 0.384. The summed E-state index contributed by atoms with van der Waals surface area (Å²) in [6, 6.07) is 7.39. The normalized spacial score (nSPS) is 16.0. The third-order valence-electron chi connectivity index (χ3n) is 4.58. The third kappa shape index (κ3) is 3.48. The predicted molar refractivity (Wildman–Crippen MR) is 97.7 cm³/mol. The van der Waals surface area contributed by atoms with Crippen LogP contribution >= 0.6 is 0 Å². The van der Waals surface area contributed by atoms with E-state index in [1.54, 1.807) is 35.9 Å². The molecule has 1 aliphatic heterocycles. The number of rotatable bonds is 4. The molecule has 2 heterocycles. The van der Waals surface area contributed by atoms with Crippen LogP contribution in [0.4, 0.5) is 5.69 Å². The van der Waals surface area contributed by atoms with Crippen LogP contribution in [0.5, 0.6) is 5.75 Å². The van der Waals surface area contributed by atoms with E-state index >= 15 is 0 Å². The van der Waals surface area contributed by atoms with Gasteiger partial charge in [-0.1, -0.05) is 0 Å². The van der Waals surface area contributed by atoms with Gasteiger partial charge in [-0.2, -0.15) is 4.31 Å².